The lowest BCUT2D eigenvalue weighted by Gasteiger charge is -2.04. The van der Waals surface area contributed by atoms with Gasteiger partial charge in [0.2, 0.25) is 0 Å². The maximum absolute atomic E-state index is 12.0. The monoisotopic (exact) mass is 352 g/mol. The van der Waals surface area contributed by atoms with E-state index < -0.39 is 5.91 Å². The first-order valence-electron chi connectivity index (χ1n) is 7.61. The Balaban J connectivity index is 1.74. The molecule has 0 unspecified atom stereocenters. The van der Waals surface area contributed by atoms with Gasteiger partial charge in [-0.2, -0.15) is 10.2 Å². The van der Waals surface area contributed by atoms with Crippen LogP contribution in [0, 0.1) is 0 Å². The lowest BCUT2D eigenvalue weighted by atomic mass is 10.1. The molecule has 0 radical (unpaired) electrons. The number of ether oxygens (including phenoxy) is 1. The minimum atomic E-state index is -0.649. The molecule has 4 N–H and O–H groups in total. The van der Waals surface area contributed by atoms with E-state index in [1.165, 1.54) is 18.3 Å². The maximum atomic E-state index is 12.0. The van der Waals surface area contributed by atoms with Crippen molar-refractivity contribution in [1.82, 2.24) is 15.6 Å². The lowest BCUT2D eigenvalue weighted by Crippen LogP contribution is -2.17. The molecular weight excluding hydrogens is 336 g/mol. The minimum absolute atomic E-state index is 0.0790. The van der Waals surface area contributed by atoms with E-state index in [4.69, 9.17) is 4.74 Å². The summed E-state index contributed by atoms with van der Waals surface area (Å²) in [7, 11) is 1.59. The molecule has 3 rings (SSSR count). The van der Waals surface area contributed by atoms with Crippen LogP contribution >= 0.6 is 0 Å². The van der Waals surface area contributed by atoms with Crippen molar-refractivity contribution in [2.24, 2.45) is 5.10 Å². The number of aromatic amines is 1. The van der Waals surface area contributed by atoms with Crippen molar-refractivity contribution in [1.29, 1.82) is 0 Å². The van der Waals surface area contributed by atoms with E-state index in [9.17, 15) is 15.0 Å². The van der Waals surface area contributed by atoms with Crippen LogP contribution in [0.1, 0.15) is 15.9 Å². The summed E-state index contributed by atoms with van der Waals surface area (Å²) in [6.45, 7) is 0. The van der Waals surface area contributed by atoms with Crippen molar-refractivity contribution in [3.63, 3.8) is 0 Å². The van der Waals surface area contributed by atoms with E-state index in [1.807, 2.05) is 24.3 Å². The van der Waals surface area contributed by atoms with Crippen molar-refractivity contribution in [3.8, 4) is 28.5 Å². The number of hydrazone groups is 1. The number of methoxy groups -OCH3 is 1. The highest BCUT2D eigenvalue weighted by Gasteiger charge is 2.11. The van der Waals surface area contributed by atoms with Crippen molar-refractivity contribution in [2.45, 2.75) is 0 Å². The molecule has 0 aliphatic heterocycles. The van der Waals surface area contributed by atoms with E-state index in [-0.39, 0.29) is 17.1 Å². The largest absolute Gasteiger partial charge is 0.508 e. The molecule has 0 atom stereocenters. The minimum Gasteiger partial charge on any atom is -0.508 e. The van der Waals surface area contributed by atoms with E-state index in [1.54, 1.807) is 13.3 Å². The summed E-state index contributed by atoms with van der Waals surface area (Å²) >= 11 is 0. The Kier molecular flexibility index (Phi) is 4.84. The summed E-state index contributed by atoms with van der Waals surface area (Å²) < 4.78 is 5.13. The summed E-state index contributed by atoms with van der Waals surface area (Å²) in [5.41, 5.74) is 4.49. The van der Waals surface area contributed by atoms with E-state index in [2.05, 4.69) is 20.7 Å². The number of benzene rings is 2. The first-order valence-corrected chi connectivity index (χ1v) is 7.61. The number of rotatable bonds is 5. The third-order valence-electron chi connectivity index (χ3n) is 3.64. The summed E-state index contributed by atoms with van der Waals surface area (Å²) in [5.74, 6) is -0.294. The molecular formula is C18H16N4O4. The number of amides is 1. The molecule has 132 valence electrons. The van der Waals surface area contributed by atoms with Gasteiger partial charge in [-0.05, 0) is 42.5 Å². The fourth-order valence-electron chi connectivity index (χ4n) is 2.31. The number of hydrogen-bond acceptors (Lipinski definition) is 6. The van der Waals surface area contributed by atoms with Crippen LogP contribution < -0.4 is 10.2 Å². The van der Waals surface area contributed by atoms with Gasteiger partial charge in [0.1, 0.15) is 17.2 Å². The van der Waals surface area contributed by atoms with Gasteiger partial charge in [0.25, 0.3) is 5.91 Å². The molecule has 0 fully saturated rings. The van der Waals surface area contributed by atoms with Crippen LogP contribution in [0.4, 0.5) is 0 Å². The van der Waals surface area contributed by atoms with Gasteiger partial charge in [0.05, 0.1) is 30.8 Å². The number of carbonyl (C=O) groups is 1. The van der Waals surface area contributed by atoms with Gasteiger partial charge in [-0.25, -0.2) is 5.43 Å². The molecule has 0 saturated carbocycles. The Labute approximate surface area is 148 Å². The van der Waals surface area contributed by atoms with Gasteiger partial charge in [0.15, 0.2) is 0 Å². The van der Waals surface area contributed by atoms with Crippen molar-refractivity contribution < 1.29 is 19.7 Å². The zero-order valence-corrected chi connectivity index (χ0v) is 13.8. The van der Waals surface area contributed by atoms with Gasteiger partial charge in [0, 0.05) is 11.1 Å². The average Bonchev–Trinajstić information content (AvgIpc) is 3.12. The molecule has 1 aromatic heterocycles. The zero-order chi connectivity index (χ0) is 18.5. The topological polar surface area (TPSA) is 120 Å². The molecule has 2 aromatic carbocycles. The molecule has 0 spiro atoms. The van der Waals surface area contributed by atoms with Crippen molar-refractivity contribution >= 4 is 12.1 Å². The Morgan fingerprint density at radius 2 is 2.00 bits per heavy atom. The number of phenolic OH excluding ortho intramolecular Hbond substituents is 2. The third-order valence-corrected chi connectivity index (χ3v) is 3.64. The number of carbonyl (C=O) groups excluding carboxylic acids is 1. The second-order valence-corrected chi connectivity index (χ2v) is 5.33. The third kappa shape index (κ3) is 3.64. The Bertz CT molecular complexity index is 948. The van der Waals surface area contributed by atoms with Crippen LogP contribution in [0.5, 0.6) is 17.2 Å². The summed E-state index contributed by atoms with van der Waals surface area (Å²) in [5, 5.41) is 29.8. The first kappa shape index (κ1) is 17.0. The molecule has 0 saturated heterocycles. The van der Waals surface area contributed by atoms with Crippen LogP contribution in [-0.2, 0) is 0 Å². The molecule has 8 nitrogen and oxygen atoms in total. The van der Waals surface area contributed by atoms with E-state index in [0.717, 1.165) is 23.1 Å². The fraction of sp³-hybridized carbons (Fsp3) is 0.0556. The highest BCUT2D eigenvalue weighted by atomic mass is 16.5. The maximum Gasteiger partial charge on any atom is 0.275 e. The van der Waals surface area contributed by atoms with Gasteiger partial charge in [-0.3, -0.25) is 9.89 Å². The van der Waals surface area contributed by atoms with Gasteiger partial charge < -0.3 is 14.9 Å². The second-order valence-electron chi connectivity index (χ2n) is 5.33. The number of phenols is 2. The van der Waals surface area contributed by atoms with Crippen LogP contribution in [0.3, 0.4) is 0 Å². The number of aromatic nitrogens is 2. The van der Waals surface area contributed by atoms with Gasteiger partial charge >= 0.3 is 0 Å². The molecule has 26 heavy (non-hydrogen) atoms. The Hall–Kier alpha value is -3.81. The van der Waals surface area contributed by atoms with Crippen LogP contribution in [0.15, 0.2) is 53.8 Å². The highest BCUT2D eigenvalue weighted by molar-refractivity contribution is 5.98. The molecule has 0 bridgehead atoms. The van der Waals surface area contributed by atoms with E-state index >= 15 is 0 Å². The van der Waals surface area contributed by atoms with Crippen LogP contribution in [0.25, 0.3) is 11.3 Å². The lowest BCUT2D eigenvalue weighted by molar-refractivity contribution is 0.0952. The molecule has 3 aromatic rings. The molecule has 8 heteroatoms. The average molecular weight is 352 g/mol. The smallest absolute Gasteiger partial charge is 0.275 e. The number of hydrogen-bond donors (Lipinski definition) is 4. The quantitative estimate of drug-likeness (QED) is 0.319. The molecule has 1 heterocycles. The summed E-state index contributed by atoms with van der Waals surface area (Å²) in [6, 6.07) is 11.0. The van der Waals surface area contributed by atoms with Gasteiger partial charge in [-0.1, -0.05) is 0 Å². The number of H-pyrrole nitrogens is 1. The number of nitrogens with zero attached hydrogens (tertiary/aromatic N) is 2. The Morgan fingerprint density at radius 3 is 2.73 bits per heavy atom. The summed E-state index contributed by atoms with van der Waals surface area (Å²) in [6.07, 6.45) is 3.00. The second kappa shape index (κ2) is 7.39. The van der Waals surface area contributed by atoms with Crippen LogP contribution in [0.2, 0.25) is 0 Å². The van der Waals surface area contributed by atoms with E-state index in [0.29, 0.717) is 5.56 Å². The number of aromatic hydroxyl groups is 2. The normalized spacial score (nSPS) is 10.8. The predicted molar refractivity (Wildman–Crippen MR) is 95.4 cm³/mol. The molecule has 1 amide bonds. The summed E-state index contributed by atoms with van der Waals surface area (Å²) in [4.78, 5) is 12.0. The predicted octanol–water partition coefficient (Wildman–Crippen LogP) is 2.26. The number of nitrogens with one attached hydrogen (secondary N) is 2. The fourth-order valence-corrected chi connectivity index (χ4v) is 2.31. The standard InChI is InChI=1S/C18H16N4O4/c1-26-14-5-2-11(3-6-14)17-12(9-19-21-17)10-20-22-18(25)15-8-13(23)4-7-16(15)24/h2-10,23-24H,1H3,(H,19,21)(H,22,25). The zero-order valence-electron chi connectivity index (χ0n) is 13.8. The van der Waals surface area contributed by atoms with Crippen molar-refractivity contribution in [3.05, 3.63) is 59.8 Å². The Morgan fingerprint density at radius 1 is 1.23 bits per heavy atom. The van der Waals surface area contributed by atoms with Gasteiger partial charge in [-0.15, -0.1) is 0 Å². The van der Waals surface area contributed by atoms with Crippen molar-refractivity contribution in [2.75, 3.05) is 7.11 Å². The molecule has 0 aliphatic carbocycles. The highest BCUT2D eigenvalue weighted by Crippen LogP contribution is 2.23. The SMILES string of the molecule is COc1ccc(-c2[nH]ncc2C=NNC(=O)c2cc(O)ccc2O)cc1. The molecule has 0 aliphatic rings. The van der Waals surface area contributed by atoms with Crippen LogP contribution in [-0.4, -0.2) is 39.6 Å². The first-order chi connectivity index (χ1) is 12.6.